The van der Waals surface area contributed by atoms with Crippen molar-refractivity contribution in [2.75, 3.05) is 5.32 Å². The lowest BCUT2D eigenvalue weighted by atomic mass is 10.1. The minimum Gasteiger partial charge on any atom is -0.440 e. The first-order chi connectivity index (χ1) is 14.7. The van der Waals surface area contributed by atoms with E-state index >= 15 is 0 Å². The number of aromatic nitrogens is 3. The molecule has 0 aliphatic heterocycles. The highest BCUT2D eigenvalue weighted by Crippen LogP contribution is 2.32. The molecule has 7 heteroatoms. The van der Waals surface area contributed by atoms with Crippen LogP contribution in [0.25, 0.3) is 22.6 Å². The van der Waals surface area contributed by atoms with Crippen molar-refractivity contribution in [2.24, 2.45) is 0 Å². The number of hydrogen-bond donors (Lipinski definition) is 1. The zero-order valence-corrected chi connectivity index (χ0v) is 17.5. The second-order valence-electron chi connectivity index (χ2n) is 6.82. The van der Waals surface area contributed by atoms with Gasteiger partial charge in [0, 0.05) is 30.4 Å². The third-order valence-electron chi connectivity index (χ3n) is 4.50. The van der Waals surface area contributed by atoms with Gasteiger partial charge in [0.2, 0.25) is 11.0 Å². The Bertz CT molecular complexity index is 1050. The van der Waals surface area contributed by atoms with E-state index in [9.17, 15) is 4.79 Å². The van der Waals surface area contributed by atoms with Crippen LogP contribution in [0.15, 0.2) is 65.1 Å². The summed E-state index contributed by atoms with van der Waals surface area (Å²) in [5.74, 6) is 1.12. The summed E-state index contributed by atoms with van der Waals surface area (Å²) in [5, 5.41) is 12.4. The maximum absolute atomic E-state index is 12.3. The summed E-state index contributed by atoms with van der Waals surface area (Å²) in [6.45, 7) is 2.09. The number of hydrogen-bond acceptors (Lipinski definition) is 6. The highest BCUT2D eigenvalue weighted by molar-refractivity contribution is 7.15. The van der Waals surface area contributed by atoms with Gasteiger partial charge in [-0.1, -0.05) is 78.9 Å². The van der Waals surface area contributed by atoms with E-state index in [-0.39, 0.29) is 12.3 Å². The molecule has 0 atom stereocenters. The Morgan fingerprint density at radius 3 is 2.37 bits per heavy atom. The molecule has 2 aromatic heterocycles. The van der Waals surface area contributed by atoms with Crippen molar-refractivity contribution in [1.82, 2.24) is 15.2 Å². The lowest BCUT2D eigenvalue weighted by Crippen LogP contribution is -2.12. The van der Waals surface area contributed by atoms with E-state index in [0.29, 0.717) is 23.2 Å². The molecule has 2 heterocycles. The highest BCUT2D eigenvalue weighted by Gasteiger charge is 2.17. The molecule has 2 aromatic carbocycles. The molecule has 30 heavy (non-hydrogen) atoms. The van der Waals surface area contributed by atoms with Crippen LogP contribution in [0.3, 0.4) is 0 Å². The van der Waals surface area contributed by atoms with E-state index in [1.165, 1.54) is 11.3 Å². The first-order valence-electron chi connectivity index (χ1n) is 9.95. The summed E-state index contributed by atoms with van der Waals surface area (Å²) in [5.41, 5.74) is 2.72. The van der Waals surface area contributed by atoms with Gasteiger partial charge in [-0.3, -0.25) is 4.79 Å². The van der Waals surface area contributed by atoms with Crippen molar-refractivity contribution in [3.05, 3.63) is 71.6 Å². The minimum atomic E-state index is -0.130. The number of aryl methyl sites for hydroxylation is 2. The third-order valence-corrected chi connectivity index (χ3v) is 5.40. The fourth-order valence-electron chi connectivity index (χ4n) is 3.07. The zero-order valence-electron chi connectivity index (χ0n) is 16.7. The van der Waals surface area contributed by atoms with Gasteiger partial charge in [-0.25, -0.2) is 4.98 Å². The van der Waals surface area contributed by atoms with Crippen molar-refractivity contribution in [1.29, 1.82) is 0 Å². The van der Waals surface area contributed by atoms with E-state index in [0.717, 1.165) is 34.7 Å². The van der Waals surface area contributed by atoms with Gasteiger partial charge in [-0.2, -0.15) is 0 Å². The third kappa shape index (κ3) is 4.80. The summed E-state index contributed by atoms with van der Waals surface area (Å²) in [6, 6.07) is 19.8. The standard InChI is InChI=1S/C23H22N4O2S/c1-2-9-20-26-27-23(30-20)24-18(28)14-15-19-25-21(16-10-5-3-6-11-16)22(29-19)17-12-7-4-8-13-17/h3-8,10-13H,2,9,14-15H2,1H3,(H,24,27,28). The minimum absolute atomic E-state index is 0.130. The molecule has 0 unspecified atom stereocenters. The van der Waals surface area contributed by atoms with Crippen LogP contribution in [0, 0.1) is 0 Å². The zero-order chi connectivity index (χ0) is 20.8. The van der Waals surface area contributed by atoms with Crippen molar-refractivity contribution in [2.45, 2.75) is 32.6 Å². The molecule has 0 saturated carbocycles. The number of carbonyl (C=O) groups excluding carboxylic acids is 1. The van der Waals surface area contributed by atoms with Gasteiger partial charge >= 0.3 is 0 Å². The molecular weight excluding hydrogens is 396 g/mol. The van der Waals surface area contributed by atoms with Crippen LogP contribution in [-0.4, -0.2) is 21.1 Å². The number of carbonyl (C=O) groups is 1. The number of rotatable bonds is 8. The van der Waals surface area contributed by atoms with Crippen LogP contribution < -0.4 is 5.32 Å². The molecule has 1 N–H and O–H groups in total. The van der Waals surface area contributed by atoms with Crippen molar-refractivity contribution >= 4 is 22.4 Å². The average molecular weight is 419 g/mol. The molecule has 6 nitrogen and oxygen atoms in total. The summed E-state index contributed by atoms with van der Waals surface area (Å²) < 4.78 is 6.08. The molecule has 152 valence electrons. The van der Waals surface area contributed by atoms with Gasteiger partial charge in [0.1, 0.15) is 10.7 Å². The Hall–Kier alpha value is -3.32. The van der Waals surface area contributed by atoms with Crippen LogP contribution >= 0.6 is 11.3 Å². The molecular formula is C23H22N4O2S. The van der Waals surface area contributed by atoms with Crippen LogP contribution in [0.1, 0.15) is 30.7 Å². The van der Waals surface area contributed by atoms with Gasteiger partial charge < -0.3 is 9.73 Å². The molecule has 0 radical (unpaired) electrons. The maximum atomic E-state index is 12.3. The first-order valence-corrected chi connectivity index (χ1v) is 10.8. The fraction of sp³-hybridized carbons (Fsp3) is 0.217. The molecule has 0 fully saturated rings. The number of amides is 1. The summed E-state index contributed by atoms with van der Waals surface area (Å²) in [7, 11) is 0. The molecule has 4 rings (SSSR count). The van der Waals surface area contributed by atoms with E-state index in [1.807, 2.05) is 60.7 Å². The number of nitrogens with one attached hydrogen (secondary N) is 1. The van der Waals surface area contributed by atoms with Crippen molar-refractivity contribution in [3.8, 4) is 22.6 Å². The average Bonchev–Trinajstić information content (AvgIpc) is 3.41. The number of benzene rings is 2. The van der Waals surface area contributed by atoms with Gasteiger partial charge in [0.15, 0.2) is 11.7 Å². The molecule has 0 bridgehead atoms. The Kier molecular flexibility index (Phi) is 6.29. The number of oxazole rings is 1. The summed E-state index contributed by atoms with van der Waals surface area (Å²) in [4.78, 5) is 17.0. The quantitative estimate of drug-likeness (QED) is 0.415. The summed E-state index contributed by atoms with van der Waals surface area (Å²) >= 11 is 1.42. The van der Waals surface area contributed by atoms with Gasteiger partial charge in [0.05, 0.1) is 0 Å². The van der Waals surface area contributed by atoms with Gasteiger partial charge in [0.25, 0.3) is 0 Å². The van der Waals surface area contributed by atoms with Gasteiger partial charge in [-0.15, -0.1) is 10.2 Å². The van der Waals surface area contributed by atoms with Gasteiger partial charge in [-0.05, 0) is 6.42 Å². The van der Waals surface area contributed by atoms with Crippen LogP contribution in [-0.2, 0) is 17.6 Å². The lowest BCUT2D eigenvalue weighted by molar-refractivity contribution is -0.116. The number of anilines is 1. The largest absolute Gasteiger partial charge is 0.440 e. The topological polar surface area (TPSA) is 80.9 Å². The van der Waals surface area contributed by atoms with E-state index in [2.05, 4.69) is 22.4 Å². The van der Waals surface area contributed by atoms with E-state index < -0.39 is 0 Å². The molecule has 0 spiro atoms. The second-order valence-corrected chi connectivity index (χ2v) is 7.88. The molecule has 4 aromatic rings. The Morgan fingerprint density at radius 1 is 0.967 bits per heavy atom. The second kappa shape index (κ2) is 9.45. The first kappa shape index (κ1) is 20.0. The molecule has 0 aliphatic rings. The molecule has 0 aliphatic carbocycles. The van der Waals surface area contributed by atoms with Crippen LogP contribution in [0.2, 0.25) is 0 Å². The predicted octanol–water partition coefficient (Wildman–Crippen LogP) is 5.38. The van der Waals surface area contributed by atoms with E-state index in [1.54, 1.807) is 0 Å². The Morgan fingerprint density at radius 2 is 1.67 bits per heavy atom. The Balaban J connectivity index is 1.49. The van der Waals surface area contributed by atoms with Crippen molar-refractivity contribution < 1.29 is 9.21 Å². The Labute approximate surface area is 179 Å². The smallest absolute Gasteiger partial charge is 0.226 e. The van der Waals surface area contributed by atoms with Crippen molar-refractivity contribution in [3.63, 3.8) is 0 Å². The normalized spacial score (nSPS) is 10.8. The predicted molar refractivity (Wildman–Crippen MR) is 118 cm³/mol. The van der Waals surface area contributed by atoms with Crippen LogP contribution in [0.5, 0.6) is 0 Å². The molecule has 0 saturated heterocycles. The SMILES string of the molecule is CCCc1nnc(NC(=O)CCc2nc(-c3ccccc3)c(-c3ccccc3)o2)s1. The highest BCUT2D eigenvalue weighted by atomic mass is 32.1. The number of nitrogens with zero attached hydrogens (tertiary/aromatic N) is 3. The molecule has 1 amide bonds. The lowest BCUT2D eigenvalue weighted by Gasteiger charge is -2.00. The monoisotopic (exact) mass is 418 g/mol. The fourth-order valence-corrected chi connectivity index (χ4v) is 3.93. The van der Waals surface area contributed by atoms with E-state index in [4.69, 9.17) is 9.40 Å². The maximum Gasteiger partial charge on any atom is 0.226 e. The van der Waals surface area contributed by atoms with Crippen LogP contribution in [0.4, 0.5) is 5.13 Å². The summed E-state index contributed by atoms with van der Waals surface area (Å²) in [6.07, 6.45) is 2.53.